The van der Waals surface area contributed by atoms with E-state index < -0.39 is 5.25 Å². The van der Waals surface area contributed by atoms with Crippen LogP contribution in [0, 0.1) is 11.3 Å². The SMILES string of the molecule is CC(Sc1nnc2n(C)c(=O)c3ccccc3n12)C(=O)N(CCC#N)c1ccccc1. The number of nitriles is 1. The van der Waals surface area contributed by atoms with Crippen molar-refractivity contribution in [2.75, 3.05) is 11.4 Å². The van der Waals surface area contributed by atoms with Gasteiger partial charge in [0.1, 0.15) is 0 Å². The molecule has 0 bridgehead atoms. The van der Waals surface area contributed by atoms with Crippen LogP contribution in [0.25, 0.3) is 16.7 Å². The number of thioether (sulfide) groups is 1. The van der Waals surface area contributed by atoms with Crippen molar-refractivity contribution in [3.05, 3.63) is 65.0 Å². The average molecular weight is 433 g/mol. The molecule has 0 aliphatic rings. The molecule has 0 spiro atoms. The molecule has 0 N–H and O–H groups in total. The number of carbonyl (C=O) groups is 1. The van der Waals surface area contributed by atoms with E-state index in [1.807, 2.05) is 48.5 Å². The molecule has 9 heteroatoms. The lowest BCUT2D eigenvalue weighted by Crippen LogP contribution is -2.37. The van der Waals surface area contributed by atoms with Gasteiger partial charge in [-0.1, -0.05) is 42.1 Å². The second-order valence-electron chi connectivity index (χ2n) is 6.99. The van der Waals surface area contributed by atoms with Crippen molar-refractivity contribution in [1.82, 2.24) is 19.2 Å². The Morgan fingerprint density at radius 1 is 1.16 bits per heavy atom. The number of amides is 1. The first kappa shape index (κ1) is 20.6. The van der Waals surface area contributed by atoms with E-state index in [1.54, 1.807) is 29.3 Å². The first-order valence-corrected chi connectivity index (χ1v) is 10.6. The summed E-state index contributed by atoms with van der Waals surface area (Å²) in [6.45, 7) is 2.11. The third-order valence-electron chi connectivity index (χ3n) is 5.01. The van der Waals surface area contributed by atoms with Crippen molar-refractivity contribution in [2.45, 2.75) is 23.8 Å². The molecule has 0 radical (unpaired) electrons. The molecule has 1 unspecified atom stereocenters. The number of benzene rings is 2. The largest absolute Gasteiger partial charge is 0.310 e. The van der Waals surface area contributed by atoms with Gasteiger partial charge >= 0.3 is 0 Å². The fraction of sp³-hybridized carbons (Fsp3) is 0.227. The Bertz CT molecular complexity index is 1360. The smallest absolute Gasteiger partial charge is 0.262 e. The van der Waals surface area contributed by atoms with Crippen LogP contribution in [0.4, 0.5) is 5.69 Å². The molecule has 4 aromatic rings. The molecular formula is C22H20N6O2S. The van der Waals surface area contributed by atoms with E-state index in [4.69, 9.17) is 5.26 Å². The third kappa shape index (κ3) is 3.78. The number of hydrogen-bond donors (Lipinski definition) is 0. The molecule has 0 saturated carbocycles. The minimum absolute atomic E-state index is 0.127. The standard InChI is InChI=1S/C22H20N6O2S/c1-15(19(29)27(14-8-13-23)16-9-4-3-5-10-16)31-22-25-24-21-26(2)20(30)17-11-6-7-12-18(17)28(21)22/h3-7,9-12,15H,8,14H2,1-2H3. The van der Waals surface area contributed by atoms with E-state index in [0.717, 1.165) is 5.69 Å². The summed E-state index contributed by atoms with van der Waals surface area (Å²) in [5, 5.41) is 18.0. The highest BCUT2D eigenvalue weighted by atomic mass is 32.2. The highest BCUT2D eigenvalue weighted by Gasteiger charge is 2.25. The van der Waals surface area contributed by atoms with Crippen LogP contribution >= 0.6 is 11.8 Å². The molecule has 8 nitrogen and oxygen atoms in total. The zero-order valence-corrected chi connectivity index (χ0v) is 17.9. The van der Waals surface area contributed by atoms with E-state index in [-0.39, 0.29) is 17.9 Å². The van der Waals surface area contributed by atoms with Crippen LogP contribution in [0.5, 0.6) is 0 Å². The van der Waals surface area contributed by atoms with Gasteiger partial charge < -0.3 is 4.90 Å². The van der Waals surface area contributed by atoms with Crippen LogP contribution in [0.1, 0.15) is 13.3 Å². The lowest BCUT2D eigenvalue weighted by molar-refractivity contribution is -0.117. The number of nitrogens with zero attached hydrogens (tertiary/aromatic N) is 6. The third-order valence-corrected chi connectivity index (χ3v) is 6.04. The number of aromatic nitrogens is 4. The Morgan fingerprint density at radius 2 is 1.87 bits per heavy atom. The minimum atomic E-state index is -0.484. The van der Waals surface area contributed by atoms with Gasteiger partial charge in [-0.15, -0.1) is 10.2 Å². The number of para-hydroxylation sites is 2. The molecule has 2 heterocycles. The van der Waals surface area contributed by atoms with Crippen LogP contribution < -0.4 is 10.5 Å². The predicted molar refractivity (Wildman–Crippen MR) is 120 cm³/mol. The first-order chi connectivity index (χ1) is 15.0. The Labute approximate surface area is 182 Å². The number of anilines is 1. The van der Waals surface area contributed by atoms with E-state index in [9.17, 15) is 9.59 Å². The number of hydrogen-bond acceptors (Lipinski definition) is 6. The molecule has 31 heavy (non-hydrogen) atoms. The molecule has 156 valence electrons. The lowest BCUT2D eigenvalue weighted by Gasteiger charge is -2.24. The molecule has 2 aromatic carbocycles. The van der Waals surface area contributed by atoms with Gasteiger partial charge in [0.25, 0.3) is 5.56 Å². The van der Waals surface area contributed by atoms with Gasteiger partial charge in [-0.25, -0.2) is 0 Å². The van der Waals surface area contributed by atoms with E-state index in [2.05, 4.69) is 16.3 Å². The molecule has 1 amide bonds. The maximum Gasteiger partial charge on any atom is 0.262 e. The highest BCUT2D eigenvalue weighted by Crippen LogP contribution is 2.27. The Hall–Kier alpha value is -3.64. The predicted octanol–water partition coefficient (Wildman–Crippen LogP) is 3.01. The molecular weight excluding hydrogens is 412 g/mol. The van der Waals surface area contributed by atoms with Crippen LogP contribution in [-0.2, 0) is 11.8 Å². The molecule has 4 rings (SSSR count). The zero-order chi connectivity index (χ0) is 22.0. The molecule has 0 saturated heterocycles. The van der Waals surface area contributed by atoms with Crippen LogP contribution in [-0.4, -0.2) is 36.9 Å². The van der Waals surface area contributed by atoms with Gasteiger partial charge in [0.05, 0.1) is 28.6 Å². The molecule has 0 aliphatic heterocycles. The average Bonchev–Trinajstić information content (AvgIpc) is 3.22. The lowest BCUT2D eigenvalue weighted by atomic mass is 10.2. The summed E-state index contributed by atoms with van der Waals surface area (Å²) in [5.74, 6) is 0.285. The number of rotatable bonds is 6. The first-order valence-electron chi connectivity index (χ1n) is 9.76. The number of carbonyl (C=O) groups excluding carboxylic acids is 1. The summed E-state index contributed by atoms with van der Waals surface area (Å²) in [5.41, 5.74) is 1.29. The molecule has 2 aromatic heterocycles. The second kappa shape index (κ2) is 8.62. The second-order valence-corrected chi connectivity index (χ2v) is 8.30. The maximum absolute atomic E-state index is 13.3. The summed E-state index contributed by atoms with van der Waals surface area (Å²) in [6, 6.07) is 18.7. The van der Waals surface area contributed by atoms with E-state index in [0.29, 0.717) is 28.4 Å². The minimum Gasteiger partial charge on any atom is -0.310 e. The Morgan fingerprint density at radius 3 is 2.61 bits per heavy atom. The van der Waals surface area contributed by atoms with Gasteiger partial charge in [0.15, 0.2) is 5.16 Å². The normalized spacial score (nSPS) is 12.0. The van der Waals surface area contributed by atoms with Gasteiger partial charge in [0.2, 0.25) is 11.7 Å². The fourth-order valence-electron chi connectivity index (χ4n) is 3.45. The van der Waals surface area contributed by atoms with Gasteiger partial charge in [-0.3, -0.25) is 18.6 Å². The van der Waals surface area contributed by atoms with Crippen LogP contribution in [0.15, 0.2) is 64.5 Å². The Balaban J connectivity index is 1.71. The van der Waals surface area contributed by atoms with Crippen molar-refractivity contribution < 1.29 is 4.79 Å². The van der Waals surface area contributed by atoms with Crippen molar-refractivity contribution in [1.29, 1.82) is 5.26 Å². The van der Waals surface area contributed by atoms with Gasteiger partial charge in [-0.05, 0) is 31.2 Å². The summed E-state index contributed by atoms with van der Waals surface area (Å²) in [6.07, 6.45) is 0.235. The van der Waals surface area contributed by atoms with Crippen molar-refractivity contribution >= 4 is 40.0 Å². The number of fused-ring (bicyclic) bond motifs is 3. The molecule has 1 atom stereocenters. The number of aryl methyl sites for hydroxylation is 1. The molecule has 0 fully saturated rings. The van der Waals surface area contributed by atoms with Gasteiger partial charge in [-0.2, -0.15) is 5.26 Å². The summed E-state index contributed by atoms with van der Waals surface area (Å²) in [7, 11) is 1.65. The summed E-state index contributed by atoms with van der Waals surface area (Å²) >= 11 is 1.27. The van der Waals surface area contributed by atoms with Crippen molar-refractivity contribution in [3.8, 4) is 6.07 Å². The quantitative estimate of drug-likeness (QED) is 0.435. The highest BCUT2D eigenvalue weighted by molar-refractivity contribution is 8.00. The Kier molecular flexibility index (Phi) is 5.73. The monoisotopic (exact) mass is 432 g/mol. The van der Waals surface area contributed by atoms with Crippen molar-refractivity contribution in [2.24, 2.45) is 7.05 Å². The van der Waals surface area contributed by atoms with Crippen LogP contribution in [0.2, 0.25) is 0 Å². The van der Waals surface area contributed by atoms with Crippen molar-refractivity contribution in [3.63, 3.8) is 0 Å². The summed E-state index contributed by atoms with van der Waals surface area (Å²) in [4.78, 5) is 27.5. The fourth-order valence-corrected chi connectivity index (χ4v) is 4.37. The molecule has 0 aliphatic carbocycles. The summed E-state index contributed by atoms with van der Waals surface area (Å²) < 4.78 is 3.25. The maximum atomic E-state index is 13.3. The van der Waals surface area contributed by atoms with Crippen LogP contribution in [0.3, 0.4) is 0 Å². The zero-order valence-electron chi connectivity index (χ0n) is 17.1. The van der Waals surface area contributed by atoms with E-state index >= 15 is 0 Å². The van der Waals surface area contributed by atoms with E-state index in [1.165, 1.54) is 16.3 Å². The van der Waals surface area contributed by atoms with Gasteiger partial charge in [0, 0.05) is 19.3 Å². The topological polar surface area (TPSA) is 96.3 Å².